The monoisotopic (exact) mass is 405 g/mol. The maximum absolute atomic E-state index is 12.1. The first-order chi connectivity index (χ1) is 13.5. The van der Waals surface area contributed by atoms with E-state index in [1.54, 1.807) is 6.20 Å². The summed E-state index contributed by atoms with van der Waals surface area (Å²) in [4.78, 5) is 6.59. The summed E-state index contributed by atoms with van der Waals surface area (Å²) >= 11 is 0. The van der Waals surface area contributed by atoms with Crippen molar-refractivity contribution in [3.63, 3.8) is 0 Å². The second-order valence-corrected chi connectivity index (χ2v) is 9.71. The van der Waals surface area contributed by atoms with Crippen molar-refractivity contribution in [3.8, 4) is 0 Å². The fourth-order valence-corrected chi connectivity index (χ4v) is 5.30. The molecule has 2 aromatic heterocycles. The summed E-state index contributed by atoms with van der Waals surface area (Å²) in [5, 5.41) is 8.49. The predicted molar refractivity (Wildman–Crippen MR) is 104 cm³/mol. The zero-order valence-electron chi connectivity index (χ0n) is 16.2. The van der Waals surface area contributed by atoms with E-state index in [9.17, 15) is 8.42 Å². The Hall–Kier alpha value is -1.84. The fourth-order valence-electron chi connectivity index (χ4n) is 4.18. The van der Waals surface area contributed by atoms with Crippen LogP contribution in [0.1, 0.15) is 61.4 Å². The average molecular weight is 406 g/mol. The summed E-state index contributed by atoms with van der Waals surface area (Å²) in [5.41, 5.74) is 1.22. The largest absolute Gasteiger partial charge is 0.423 e. The Balaban J connectivity index is 1.38. The van der Waals surface area contributed by atoms with E-state index in [4.69, 9.17) is 4.42 Å². The molecule has 28 heavy (non-hydrogen) atoms. The van der Waals surface area contributed by atoms with E-state index in [0.717, 1.165) is 51.7 Å². The van der Waals surface area contributed by atoms with E-state index >= 15 is 0 Å². The van der Waals surface area contributed by atoms with Crippen molar-refractivity contribution in [2.24, 2.45) is 0 Å². The number of hydrogen-bond acceptors (Lipinski definition) is 7. The molecule has 2 aromatic rings. The summed E-state index contributed by atoms with van der Waals surface area (Å²) in [6.07, 6.45) is 9.46. The predicted octanol–water partition coefficient (Wildman–Crippen LogP) is 2.33. The molecule has 0 spiro atoms. The second-order valence-electron chi connectivity index (χ2n) is 7.78. The second kappa shape index (κ2) is 8.26. The van der Waals surface area contributed by atoms with Gasteiger partial charge in [-0.05, 0) is 50.4 Å². The third kappa shape index (κ3) is 4.42. The molecule has 0 aromatic carbocycles. The molecule has 0 saturated carbocycles. The Morgan fingerprint density at radius 2 is 1.89 bits per heavy atom. The summed E-state index contributed by atoms with van der Waals surface area (Å²) < 4.78 is 31.7. The van der Waals surface area contributed by atoms with Gasteiger partial charge in [-0.3, -0.25) is 9.88 Å². The van der Waals surface area contributed by atoms with Gasteiger partial charge in [0.25, 0.3) is 0 Å². The molecule has 152 valence electrons. The molecule has 2 saturated heterocycles. The molecule has 0 bridgehead atoms. The Bertz CT molecular complexity index is 878. The molecule has 8 nitrogen and oxygen atoms in total. The van der Waals surface area contributed by atoms with Crippen molar-refractivity contribution in [3.05, 3.63) is 41.9 Å². The van der Waals surface area contributed by atoms with Crippen LogP contribution in [0.15, 0.2) is 28.9 Å². The van der Waals surface area contributed by atoms with Gasteiger partial charge in [-0.1, -0.05) is 12.5 Å². The normalized spacial score (nSPS) is 23.1. The molecular formula is C19H27N5O3S. The van der Waals surface area contributed by atoms with Gasteiger partial charge in [0.1, 0.15) is 6.04 Å². The van der Waals surface area contributed by atoms with Crippen LogP contribution >= 0.6 is 0 Å². The fraction of sp³-hybridized carbons (Fsp3) is 0.632. The molecule has 1 unspecified atom stereocenters. The standard InChI is InChI=1S/C19H27N5O3S/c1-28(25,26)24-10-3-2-6-17(24)19-22-21-18(27-19)16-7-11-23(12-8-16)14-15-5-4-9-20-13-15/h4-5,9,13,16-17H,2-3,6-8,10-12,14H2,1H3. The van der Waals surface area contributed by atoms with E-state index in [-0.39, 0.29) is 12.0 Å². The highest BCUT2D eigenvalue weighted by Gasteiger charge is 2.35. The van der Waals surface area contributed by atoms with Crippen molar-refractivity contribution in [2.75, 3.05) is 25.9 Å². The zero-order valence-corrected chi connectivity index (χ0v) is 17.0. The van der Waals surface area contributed by atoms with Crippen molar-refractivity contribution in [1.29, 1.82) is 0 Å². The van der Waals surface area contributed by atoms with Crippen LogP contribution in [0.2, 0.25) is 0 Å². The quantitative estimate of drug-likeness (QED) is 0.754. The number of likely N-dealkylation sites (tertiary alicyclic amines) is 1. The van der Waals surface area contributed by atoms with Crippen LogP contribution in [0.5, 0.6) is 0 Å². The van der Waals surface area contributed by atoms with Crippen LogP contribution in [0, 0.1) is 0 Å². The summed E-state index contributed by atoms with van der Waals surface area (Å²) in [7, 11) is -3.28. The number of rotatable bonds is 5. The SMILES string of the molecule is CS(=O)(=O)N1CCCCC1c1nnc(C2CCN(Cc3cccnc3)CC2)o1. The third-order valence-corrected chi connectivity index (χ3v) is 6.98. The first kappa shape index (κ1) is 19.5. The number of pyridine rings is 1. The molecule has 0 aliphatic carbocycles. The number of hydrogen-bond donors (Lipinski definition) is 0. The molecule has 4 rings (SSSR count). The minimum atomic E-state index is -3.28. The van der Waals surface area contributed by atoms with Gasteiger partial charge in [-0.25, -0.2) is 8.42 Å². The number of sulfonamides is 1. The summed E-state index contributed by atoms with van der Waals surface area (Å²) in [5.74, 6) is 1.33. The lowest BCUT2D eigenvalue weighted by atomic mass is 9.96. The molecule has 4 heterocycles. The Morgan fingerprint density at radius 1 is 1.11 bits per heavy atom. The highest BCUT2D eigenvalue weighted by Crippen LogP contribution is 2.34. The number of piperidine rings is 2. The summed E-state index contributed by atoms with van der Waals surface area (Å²) in [6, 6.07) is 3.74. The lowest BCUT2D eigenvalue weighted by Crippen LogP contribution is -2.37. The topological polar surface area (TPSA) is 92.4 Å². The Kier molecular flexibility index (Phi) is 5.75. The lowest BCUT2D eigenvalue weighted by molar-refractivity contribution is 0.184. The number of nitrogens with zero attached hydrogens (tertiary/aromatic N) is 5. The van der Waals surface area contributed by atoms with Crippen molar-refractivity contribution >= 4 is 10.0 Å². The molecule has 2 aliphatic rings. The van der Waals surface area contributed by atoms with Gasteiger partial charge in [-0.15, -0.1) is 10.2 Å². The molecule has 2 fully saturated rings. The van der Waals surface area contributed by atoms with Gasteiger partial charge < -0.3 is 4.42 Å². The van der Waals surface area contributed by atoms with Crippen LogP contribution in [-0.4, -0.2) is 58.7 Å². The van der Waals surface area contributed by atoms with E-state index in [1.807, 2.05) is 12.3 Å². The molecular weight excluding hydrogens is 378 g/mol. The van der Waals surface area contributed by atoms with Crippen LogP contribution in [-0.2, 0) is 16.6 Å². The van der Waals surface area contributed by atoms with Crippen LogP contribution in [0.3, 0.4) is 0 Å². The van der Waals surface area contributed by atoms with Crippen LogP contribution < -0.4 is 0 Å². The van der Waals surface area contributed by atoms with Crippen LogP contribution in [0.25, 0.3) is 0 Å². The molecule has 2 aliphatic heterocycles. The Labute approximate surface area is 166 Å². The van der Waals surface area contributed by atoms with Gasteiger partial charge in [0.2, 0.25) is 21.8 Å². The van der Waals surface area contributed by atoms with Gasteiger partial charge >= 0.3 is 0 Å². The highest BCUT2D eigenvalue weighted by molar-refractivity contribution is 7.88. The minimum Gasteiger partial charge on any atom is -0.423 e. The zero-order chi connectivity index (χ0) is 19.6. The maximum atomic E-state index is 12.1. The summed E-state index contributed by atoms with van der Waals surface area (Å²) in [6.45, 7) is 3.36. The number of aromatic nitrogens is 3. The van der Waals surface area contributed by atoms with Crippen molar-refractivity contribution in [2.45, 2.75) is 50.6 Å². The van der Waals surface area contributed by atoms with Gasteiger partial charge in [0.15, 0.2) is 0 Å². The van der Waals surface area contributed by atoms with Gasteiger partial charge in [0, 0.05) is 31.4 Å². The average Bonchev–Trinajstić information content (AvgIpc) is 3.19. The van der Waals surface area contributed by atoms with Crippen molar-refractivity contribution < 1.29 is 12.8 Å². The van der Waals surface area contributed by atoms with Crippen molar-refractivity contribution in [1.82, 2.24) is 24.4 Å². The lowest BCUT2D eigenvalue weighted by Gasteiger charge is -2.31. The van der Waals surface area contributed by atoms with E-state index in [2.05, 4.69) is 26.1 Å². The van der Waals surface area contributed by atoms with Gasteiger partial charge in [0.05, 0.1) is 6.26 Å². The smallest absolute Gasteiger partial charge is 0.234 e. The van der Waals surface area contributed by atoms with E-state index in [0.29, 0.717) is 18.3 Å². The third-order valence-electron chi connectivity index (χ3n) is 5.69. The maximum Gasteiger partial charge on any atom is 0.234 e. The first-order valence-corrected chi connectivity index (χ1v) is 11.8. The van der Waals surface area contributed by atoms with Crippen LogP contribution in [0.4, 0.5) is 0 Å². The molecule has 9 heteroatoms. The van der Waals surface area contributed by atoms with E-state index < -0.39 is 10.0 Å². The first-order valence-electron chi connectivity index (χ1n) is 9.92. The molecule has 0 radical (unpaired) electrons. The molecule has 1 atom stereocenters. The van der Waals surface area contributed by atoms with E-state index in [1.165, 1.54) is 16.1 Å². The van der Waals surface area contributed by atoms with Gasteiger partial charge in [-0.2, -0.15) is 4.31 Å². The molecule has 0 amide bonds. The molecule has 0 N–H and O–H groups in total. The highest BCUT2D eigenvalue weighted by atomic mass is 32.2. The minimum absolute atomic E-state index is 0.238. The Morgan fingerprint density at radius 3 is 2.61 bits per heavy atom.